The Kier molecular flexibility index (Phi) is 5.03. The van der Waals surface area contributed by atoms with Crippen LogP contribution in [-0.2, 0) is 12.7 Å². The van der Waals surface area contributed by atoms with Gasteiger partial charge in [0.05, 0.1) is 17.8 Å². The predicted molar refractivity (Wildman–Crippen MR) is 108 cm³/mol. The Balaban J connectivity index is 1.90. The number of halogens is 4. The van der Waals surface area contributed by atoms with Gasteiger partial charge in [-0.3, -0.25) is 4.98 Å². The fourth-order valence-electron chi connectivity index (χ4n) is 3.33. The van der Waals surface area contributed by atoms with E-state index in [4.69, 9.17) is 11.6 Å². The third-order valence-electron chi connectivity index (χ3n) is 4.62. The standard InChI is InChI=1S/C20H13ClF3N3O2S/c1-10-17(19(28)29)27(8-12-9-30-15-4-2-3-14(21)16(12)15)18(26-10)11-5-13(7-25-6-11)20(22,23)24/h2-7,9H,8H2,1H3,(H,28,29). The lowest BCUT2D eigenvalue weighted by Gasteiger charge is -2.12. The first-order valence-corrected chi connectivity index (χ1v) is 9.90. The molecule has 0 spiro atoms. The first kappa shape index (κ1) is 20.4. The maximum atomic E-state index is 13.1. The lowest BCUT2D eigenvalue weighted by atomic mass is 10.1. The minimum absolute atomic E-state index is 0.0751. The quantitative estimate of drug-likeness (QED) is 0.420. The monoisotopic (exact) mass is 451 g/mol. The van der Waals surface area contributed by atoms with Crippen LogP contribution in [0.2, 0.25) is 5.02 Å². The minimum Gasteiger partial charge on any atom is -0.477 e. The van der Waals surface area contributed by atoms with Gasteiger partial charge in [-0.25, -0.2) is 9.78 Å². The Hall–Kier alpha value is -2.91. The number of fused-ring (bicyclic) bond motifs is 1. The molecule has 1 aromatic carbocycles. The van der Waals surface area contributed by atoms with E-state index >= 15 is 0 Å². The molecule has 5 nitrogen and oxygen atoms in total. The number of aromatic carboxylic acids is 1. The largest absolute Gasteiger partial charge is 0.477 e. The van der Waals surface area contributed by atoms with E-state index in [2.05, 4.69) is 9.97 Å². The zero-order valence-corrected chi connectivity index (χ0v) is 16.9. The summed E-state index contributed by atoms with van der Waals surface area (Å²) in [4.78, 5) is 19.8. The van der Waals surface area contributed by atoms with E-state index in [1.165, 1.54) is 29.0 Å². The van der Waals surface area contributed by atoms with E-state index in [0.717, 1.165) is 21.7 Å². The summed E-state index contributed by atoms with van der Waals surface area (Å²) < 4.78 is 41.8. The average Bonchev–Trinajstić information content (AvgIpc) is 3.23. The van der Waals surface area contributed by atoms with Gasteiger partial charge in [0.1, 0.15) is 5.82 Å². The molecule has 0 amide bonds. The van der Waals surface area contributed by atoms with Crippen molar-refractivity contribution in [2.24, 2.45) is 0 Å². The smallest absolute Gasteiger partial charge is 0.417 e. The van der Waals surface area contributed by atoms with Gasteiger partial charge in [-0.1, -0.05) is 17.7 Å². The van der Waals surface area contributed by atoms with Crippen LogP contribution in [0.15, 0.2) is 42.0 Å². The second-order valence-corrected chi connectivity index (χ2v) is 7.91. The molecule has 3 aromatic heterocycles. The highest BCUT2D eigenvalue weighted by molar-refractivity contribution is 7.17. The number of alkyl halides is 3. The highest BCUT2D eigenvalue weighted by atomic mass is 35.5. The highest BCUT2D eigenvalue weighted by Gasteiger charge is 2.32. The molecule has 0 bridgehead atoms. The Morgan fingerprint density at radius 2 is 2.07 bits per heavy atom. The first-order chi connectivity index (χ1) is 14.2. The van der Waals surface area contributed by atoms with E-state index in [9.17, 15) is 23.1 Å². The number of aryl methyl sites for hydroxylation is 1. The summed E-state index contributed by atoms with van der Waals surface area (Å²) in [6, 6.07) is 6.35. The highest BCUT2D eigenvalue weighted by Crippen LogP contribution is 2.35. The number of carboxylic acid groups (broad SMARTS) is 1. The topological polar surface area (TPSA) is 68.0 Å². The van der Waals surface area contributed by atoms with Crippen molar-refractivity contribution < 1.29 is 23.1 Å². The van der Waals surface area contributed by atoms with Gasteiger partial charge in [0.25, 0.3) is 0 Å². The van der Waals surface area contributed by atoms with E-state index < -0.39 is 17.7 Å². The molecule has 0 aliphatic heterocycles. The van der Waals surface area contributed by atoms with Gasteiger partial charge in [0.15, 0.2) is 5.69 Å². The summed E-state index contributed by atoms with van der Waals surface area (Å²) in [5.74, 6) is -1.13. The van der Waals surface area contributed by atoms with Gasteiger partial charge in [0, 0.05) is 33.1 Å². The number of rotatable bonds is 4. The second kappa shape index (κ2) is 7.41. The molecule has 0 saturated heterocycles. The Morgan fingerprint density at radius 3 is 2.77 bits per heavy atom. The van der Waals surface area contributed by atoms with Crippen LogP contribution in [-0.4, -0.2) is 25.6 Å². The van der Waals surface area contributed by atoms with Crippen molar-refractivity contribution in [3.05, 3.63) is 69.6 Å². The summed E-state index contributed by atoms with van der Waals surface area (Å²) in [7, 11) is 0. The number of thiophene rings is 1. The number of carbonyl (C=O) groups is 1. The van der Waals surface area contributed by atoms with Crippen molar-refractivity contribution in [1.82, 2.24) is 14.5 Å². The van der Waals surface area contributed by atoms with Crippen LogP contribution in [0.3, 0.4) is 0 Å². The van der Waals surface area contributed by atoms with E-state index in [1.54, 1.807) is 6.07 Å². The number of benzene rings is 1. The first-order valence-electron chi connectivity index (χ1n) is 8.64. The second-order valence-electron chi connectivity index (χ2n) is 6.59. The summed E-state index contributed by atoms with van der Waals surface area (Å²) in [6.45, 7) is 1.58. The minimum atomic E-state index is -4.58. The molecular formula is C20H13ClF3N3O2S. The van der Waals surface area contributed by atoms with Gasteiger partial charge in [-0.05, 0) is 36.1 Å². The fourth-order valence-corrected chi connectivity index (χ4v) is 4.66. The molecule has 30 heavy (non-hydrogen) atoms. The summed E-state index contributed by atoms with van der Waals surface area (Å²) in [5.41, 5.74) is -0.0183. The van der Waals surface area contributed by atoms with Gasteiger partial charge in [-0.2, -0.15) is 13.2 Å². The van der Waals surface area contributed by atoms with Crippen LogP contribution in [0.5, 0.6) is 0 Å². The van der Waals surface area contributed by atoms with Gasteiger partial charge in [-0.15, -0.1) is 11.3 Å². The Bertz CT molecular complexity index is 1280. The molecule has 0 saturated carbocycles. The average molecular weight is 452 g/mol. The number of pyridine rings is 1. The number of carboxylic acids is 1. The SMILES string of the molecule is Cc1nc(-c2cncc(C(F)(F)F)c2)n(Cc2csc3cccc(Cl)c23)c1C(=O)O. The molecule has 10 heteroatoms. The van der Waals surface area contributed by atoms with Crippen molar-refractivity contribution in [2.45, 2.75) is 19.6 Å². The summed E-state index contributed by atoms with van der Waals surface area (Å²) >= 11 is 7.78. The van der Waals surface area contributed by atoms with Gasteiger partial charge >= 0.3 is 12.1 Å². The van der Waals surface area contributed by atoms with Gasteiger partial charge < -0.3 is 9.67 Å². The van der Waals surface area contributed by atoms with Crippen LogP contribution in [0, 0.1) is 6.92 Å². The maximum Gasteiger partial charge on any atom is 0.417 e. The van der Waals surface area contributed by atoms with Gasteiger partial charge in [0.2, 0.25) is 0 Å². The molecule has 0 radical (unpaired) electrons. The van der Waals surface area contributed by atoms with Crippen molar-refractivity contribution in [1.29, 1.82) is 0 Å². The molecule has 0 unspecified atom stereocenters. The van der Waals surface area contributed by atoms with Crippen LogP contribution in [0.1, 0.15) is 27.3 Å². The Morgan fingerprint density at radius 1 is 1.30 bits per heavy atom. The molecule has 0 atom stereocenters. The number of imidazole rings is 1. The van der Waals surface area contributed by atoms with Crippen molar-refractivity contribution in [2.75, 3.05) is 0 Å². The van der Waals surface area contributed by atoms with E-state index in [1.807, 2.05) is 17.5 Å². The van der Waals surface area contributed by atoms with Crippen LogP contribution in [0.4, 0.5) is 13.2 Å². The molecule has 4 rings (SSSR count). The van der Waals surface area contributed by atoms with Crippen LogP contribution < -0.4 is 0 Å². The van der Waals surface area contributed by atoms with E-state index in [0.29, 0.717) is 11.2 Å². The molecule has 0 aliphatic rings. The molecule has 0 fully saturated rings. The Labute approximate surface area is 177 Å². The lowest BCUT2D eigenvalue weighted by Crippen LogP contribution is -2.12. The zero-order valence-electron chi connectivity index (χ0n) is 15.4. The molecule has 4 aromatic rings. The fraction of sp³-hybridized carbons (Fsp3) is 0.150. The van der Waals surface area contributed by atoms with Crippen molar-refractivity contribution >= 4 is 39.0 Å². The maximum absolute atomic E-state index is 13.1. The summed E-state index contributed by atoms with van der Waals surface area (Å²) in [6.07, 6.45) is -2.63. The summed E-state index contributed by atoms with van der Waals surface area (Å²) in [5, 5.41) is 12.9. The third-order valence-corrected chi connectivity index (χ3v) is 5.93. The molecule has 1 N–H and O–H groups in total. The molecular weight excluding hydrogens is 439 g/mol. The number of hydrogen-bond acceptors (Lipinski definition) is 4. The van der Waals surface area contributed by atoms with Crippen molar-refractivity contribution in [3.63, 3.8) is 0 Å². The predicted octanol–water partition coefficient (Wildman–Crippen LogP) is 5.89. The lowest BCUT2D eigenvalue weighted by molar-refractivity contribution is -0.137. The number of nitrogens with zero attached hydrogens (tertiary/aromatic N) is 3. The number of aromatic nitrogens is 3. The third kappa shape index (κ3) is 3.54. The number of hydrogen-bond donors (Lipinski definition) is 1. The van der Waals surface area contributed by atoms with Crippen molar-refractivity contribution in [3.8, 4) is 11.4 Å². The normalized spacial score (nSPS) is 11.9. The zero-order chi connectivity index (χ0) is 21.6. The molecule has 154 valence electrons. The molecule has 0 aliphatic carbocycles. The molecule has 3 heterocycles. The van der Waals surface area contributed by atoms with Crippen LogP contribution in [0.25, 0.3) is 21.5 Å². The van der Waals surface area contributed by atoms with Crippen LogP contribution >= 0.6 is 22.9 Å². The van der Waals surface area contributed by atoms with E-state index in [-0.39, 0.29) is 29.3 Å².